The summed E-state index contributed by atoms with van der Waals surface area (Å²) in [6.07, 6.45) is -3.78. The molecule has 1 saturated heterocycles. The first-order valence-electron chi connectivity index (χ1n) is 13.1. The van der Waals surface area contributed by atoms with Gasteiger partial charge in [0.15, 0.2) is 12.1 Å². The Morgan fingerprint density at radius 1 is 1.15 bits per heavy atom. The molecule has 40 heavy (non-hydrogen) atoms. The van der Waals surface area contributed by atoms with Gasteiger partial charge in [0.25, 0.3) is 0 Å². The van der Waals surface area contributed by atoms with Gasteiger partial charge in [0, 0.05) is 35.1 Å². The highest BCUT2D eigenvalue weighted by atomic mass is 16.7. The fourth-order valence-corrected chi connectivity index (χ4v) is 6.33. The maximum Gasteiger partial charge on any atom is 0.316 e. The molecule has 0 aromatic heterocycles. The maximum absolute atomic E-state index is 13.6. The Hall–Kier alpha value is -3.35. The summed E-state index contributed by atoms with van der Waals surface area (Å²) in [6.45, 7) is 4.97. The summed E-state index contributed by atoms with van der Waals surface area (Å²) in [5.41, 5.74) is 2.81. The lowest BCUT2D eigenvalue weighted by atomic mass is 9.67. The molecule has 2 aromatic rings. The van der Waals surface area contributed by atoms with Crippen molar-refractivity contribution in [2.75, 3.05) is 7.11 Å². The van der Waals surface area contributed by atoms with E-state index in [1.165, 1.54) is 24.3 Å². The second-order valence-corrected chi connectivity index (χ2v) is 11.2. The quantitative estimate of drug-likeness (QED) is 0.296. The van der Waals surface area contributed by atoms with Crippen LogP contribution in [0.3, 0.4) is 0 Å². The number of aliphatic hydroxyl groups excluding tert-OH is 1. The van der Waals surface area contributed by atoms with Gasteiger partial charge in [-0.05, 0) is 38.0 Å². The first-order chi connectivity index (χ1) is 18.8. The van der Waals surface area contributed by atoms with Crippen molar-refractivity contribution in [3.05, 3.63) is 57.6 Å². The van der Waals surface area contributed by atoms with Crippen molar-refractivity contribution in [1.82, 2.24) is 0 Å². The van der Waals surface area contributed by atoms with Gasteiger partial charge in [0.2, 0.25) is 5.78 Å². The van der Waals surface area contributed by atoms with Gasteiger partial charge in [0.05, 0.1) is 42.1 Å². The molecule has 214 valence electrons. The summed E-state index contributed by atoms with van der Waals surface area (Å²) >= 11 is 0. The Balaban J connectivity index is 1.71. The van der Waals surface area contributed by atoms with E-state index in [0.29, 0.717) is 0 Å². The Morgan fingerprint density at radius 3 is 2.48 bits per heavy atom. The van der Waals surface area contributed by atoms with E-state index in [1.807, 2.05) is 0 Å². The van der Waals surface area contributed by atoms with Crippen LogP contribution in [0.2, 0.25) is 0 Å². The van der Waals surface area contributed by atoms with Gasteiger partial charge >= 0.3 is 5.97 Å². The SMILES string of the molecule is CC[C@@]1(O)CC(O[C@H]2C[C@@](C)(N)[C@@H](O)[C@H](C)O2)c2c(cc3c(c2O)C(=O)c2c(O)cccc2C3=O)[C@H]1C(=O)OC. The van der Waals surface area contributed by atoms with Crippen LogP contribution in [0.4, 0.5) is 0 Å². The number of hydrogen-bond donors (Lipinski definition) is 5. The molecule has 5 rings (SSSR count). The van der Waals surface area contributed by atoms with Crippen LogP contribution >= 0.6 is 0 Å². The van der Waals surface area contributed by atoms with Crippen LogP contribution in [-0.2, 0) is 19.0 Å². The molecule has 1 heterocycles. The summed E-state index contributed by atoms with van der Waals surface area (Å²) in [6, 6.07) is 5.40. The average molecular weight is 556 g/mol. The molecular formula is C29H33NO10. The van der Waals surface area contributed by atoms with E-state index in [2.05, 4.69) is 0 Å². The molecule has 0 saturated carbocycles. The molecule has 0 radical (unpaired) electrons. The van der Waals surface area contributed by atoms with Crippen LogP contribution in [0.15, 0.2) is 24.3 Å². The number of aromatic hydroxyl groups is 2. The number of fused-ring (bicyclic) bond motifs is 3. The van der Waals surface area contributed by atoms with E-state index >= 15 is 0 Å². The number of benzene rings is 2. The molecule has 0 spiro atoms. The van der Waals surface area contributed by atoms with Gasteiger partial charge in [-0.2, -0.15) is 0 Å². The lowest BCUT2D eigenvalue weighted by Crippen LogP contribution is -2.60. The van der Waals surface area contributed by atoms with Crippen molar-refractivity contribution in [2.45, 2.75) is 81.7 Å². The molecule has 2 aromatic carbocycles. The summed E-state index contributed by atoms with van der Waals surface area (Å²) in [7, 11) is 1.16. The normalized spacial score (nSPS) is 33.1. The first kappa shape index (κ1) is 28.2. The molecule has 3 aliphatic rings. The average Bonchev–Trinajstić information content (AvgIpc) is 2.89. The Bertz CT molecular complexity index is 1420. The summed E-state index contributed by atoms with van der Waals surface area (Å²) < 4.78 is 17.1. The largest absolute Gasteiger partial charge is 0.507 e. The van der Waals surface area contributed by atoms with Gasteiger partial charge in [-0.1, -0.05) is 19.1 Å². The molecular weight excluding hydrogens is 522 g/mol. The second-order valence-electron chi connectivity index (χ2n) is 11.2. The zero-order valence-electron chi connectivity index (χ0n) is 22.6. The number of hydrogen-bond acceptors (Lipinski definition) is 11. The minimum atomic E-state index is -1.71. The maximum atomic E-state index is 13.6. The van der Waals surface area contributed by atoms with Gasteiger partial charge in [-0.25, -0.2) is 0 Å². The lowest BCUT2D eigenvalue weighted by molar-refractivity contribution is -0.260. The lowest BCUT2D eigenvalue weighted by Gasteiger charge is -2.47. The summed E-state index contributed by atoms with van der Waals surface area (Å²) in [5.74, 6) is -4.53. The third-order valence-electron chi connectivity index (χ3n) is 8.53. The number of aliphatic hydroxyl groups is 2. The van der Waals surface area contributed by atoms with Gasteiger partial charge < -0.3 is 40.4 Å². The van der Waals surface area contributed by atoms with E-state index in [-0.39, 0.29) is 52.6 Å². The summed E-state index contributed by atoms with van der Waals surface area (Å²) in [4.78, 5) is 40.2. The fourth-order valence-electron chi connectivity index (χ4n) is 6.33. The molecule has 0 bridgehead atoms. The minimum Gasteiger partial charge on any atom is -0.507 e. The zero-order chi connectivity index (χ0) is 29.3. The highest BCUT2D eigenvalue weighted by Crippen LogP contribution is 2.54. The first-order valence-corrected chi connectivity index (χ1v) is 13.1. The van der Waals surface area contributed by atoms with E-state index < -0.39 is 70.7 Å². The van der Waals surface area contributed by atoms with Crippen molar-refractivity contribution in [3.8, 4) is 11.5 Å². The van der Waals surface area contributed by atoms with Crippen molar-refractivity contribution in [2.24, 2.45) is 5.73 Å². The minimum absolute atomic E-state index is 0.0217. The number of methoxy groups -OCH3 is 1. The van der Waals surface area contributed by atoms with Crippen molar-refractivity contribution >= 4 is 17.5 Å². The number of phenolic OH excluding ortho intramolecular Hbond substituents is 2. The van der Waals surface area contributed by atoms with E-state index in [9.17, 15) is 34.8 Å². The number of ketones is 2. The number of rotatable bonds is 4. The van der Waals surface area contributed by atoms with Crippen LogP contribution in [0, 0.1) is 0 Å². The van der Waals surface area contributed by atoms with Gasteiger partial charge in [0.1, 0.15) is 17.4 Å². The highest BCUT2D eigenvalue weighted by molar-refractivity contribution is 6.30. The van der Waals surface area contributed by atoms with Crippen LogP contribution < -0.4 is 5.73 Å². The predicted octanol–water partition coefficient (Wildman–Crippen LogP) is 1.95. The van der Waals surface area contributed by atoms with Crippen molar-refractivity contribution < 1.29 is 49.0 Å². The van der Waals surface area contributed by atoms with E-state index in [0.717, 1.165) is 7.11 Å². The monoisotopic (exact) mass is 555 g/mol. The number of esters is 1. The van der Waals surface area contributed by atoms with E-state index in [1.54, 1.807) is 20.8 Å². The number of ether oxygens (including phenoxy) is 3. The Kier molecular flexibility index (Phi) is 6.79. The van der Waals surface area contributed by atoms with Crippen LogP contribution in [0.1, 0.15) is 95.0 Å². The number of carbonyl (C=O) groups excluding carboxylic acids is 3. The molecule has 0 amide bonds. The molecule has 11 heteroatoms. The van der Waals surface area contributed by atoms with Crippen LogP contribution in [0.5, 0.6) is 11.5 Å². The van der Waals surface area contributed by atoms with Gasteiger partial charge in [-0.3, -0.25) is 14.4 Å². The highest BCUT2D eigenvalue weighted by Gasteiger charge is 2.53. The molecule has 2 aliphatic carbocycles. The van der Waals surface area contributed by atoms with Gasteiger partial charge in [-0.15, -0.1) is 0 Å². The number of nitrogens with two attached hydrogens (primary N) is 1. The molecule has 1 unspecified atom stereocenters. The predicted molar refractivity (Wildman–Crippen MR) is 139 cm³/mol. The van der Waals surface area contributed by atoms with Crippen LogP contribution in [0.25, 0.3) is 0 Å². The molecule has 6 N–H and O–H groups in total. The third kappa shape index (κ3) is 4.11. The standard InChI is InChI=1S/C29H33NO10/c1-5-29(37)10-17(40-18-11-28(3,30)26(35)12(2)39-18)20-14(22(29)27(36)38-4)9-15-21(25(20)34)24(33)19-13(23(15)32)7-6-8-16(19)31/h6-9,12,17-18,22,26,31,34-35,37H,5,10-11,30H2,1-4H3/t12-,17?,18-,22-,26-,28+,29+/m0/s1. The molecule has 7 atom stereocenters. The topological polar surface area (TPSA) is 186 Å². The van der Waals surface area contributed by atoms with Crippen LogP contribution in [-0.4, -0.2) is 74.7 Å². The number of carbonyl (C=O) groups is 3. The molecule has 11 nitrogen and oxygen atoms in total. The second kappa shape index (κ2) is 9.64. The Morgan fingerprint density at radius 2 is 1.85 bits per heavy atom. The number of phenols is 2. The Labute approximate surface area is 230 Å². The molecule has 1 aliphatic heterocycles. The third-order valence-corrected chi connectivity index (χ3v) is 8.53. The zero-order valence-corrected chi connectivity index (χ0v) is 22.6. The van der Waals surface area contributed by atoms with Crippen molar-refractivity contribution in [1.29, 1.82) is 0 Å². The van der Waals surface area contributed by atoms with E-state index in [4.69, 9.17) is 19.9 Å². The smallest absolute Gasteiger partial charge is 0.316 e. The summed E-state index contributed by atoms with van der Waals surface area (Å²) in [5, 5.41) is 44.2. The molecule has 1 fully saturated rings. The fraction of sp³-hybridized carbons (Fsp3) is 0.483. The van der Waals surface area contributed by atoms with Crippen molar-refractivity contribution in [3.63, 3.8) is 0 Å².